The molecule has 0 saturated carbocycles. The second-order valence-corrected chi connectivity index (χ2v) is 7.08. The third kappa shape index (κ3) is 4.05. The molecule has 1 heterocycles. The van der Waals surface area contributed by atoms with Gasteiger partial charge in [0.05, 0.1) is 10.4 Å². The van der Waals surface area contributed by atoms with E-state index in [9.17, 15) is 13.2 Å². The Balaban J connectivity index is 1.87. The predicted molar refractivity (Wildman–Crippen MR) is 98.0 cm³/mol. The van der Waals surface area contributed by atoms with E-state index in [1.54, 1.807) is 42.6 Å². The summed E-state index contributed by atoms with van der Waals surface area (Å²) in [4.78, 5) is 15.3. The SMILES string of the molecule is O=C(/C=C/c1cccc(S(=O)(=O)Nc2ccc3ncccc3c2)c1)NO. The minimum Gasteiger partial charge on any atom is -0.288 e. The Kier molecular flexibility index (Phi) is 4.97. The van der Waals surface area contributed by atoms with Crippen LogP contribution in [0, 0.1) is 0 Å². The Hall–Kier alpha value is -3.23. The van der Waals surface area contributed by atoms with Crippen molar-refractivity contribution in [2.45, 2.75) is 4.90 Å². The third-order valence-electron chi connectivity index (χ3n) is 3.56. The van der Waals surface area contributed by atoms with Gasteiger partial charge in [0.25, 0.3) is 15.9 Å². The molecule has 0 unspecified atom stereocenters. The van der Waals surface area contributed by atoms with Crippen LogP contribution >= 0.6 is 0 Å². The molecule has 1 amide bonds. The minimum absolute atomic E-state index is 0.0512. The molecule has 26 heavy (non-hydrogen) atoms. The molecular weight excluding hydrogens is 354 g/mol. The Morgan fingerprint density at radius 2 is 1.92 bits per heavy atom. The van der Waals surface area contributed by atoms with E-state index in [4.69, 9.17) is 5.21 Å². The van der Waals surface area contributed by atoms with Gasteiger partial charge in [-0.15, -0.1) is 0 Å². The zero-order valence-corrected chi connectivity index (χ0v) is 14.3. The van der Waals surface area contributed by atoms with Crippen molar-refractivity contribution in [1.82, 2.24) is 10.5 Å². The molecule has 2 aromatic carbocycles. The van der Waals surface area contributed by atoms with Gasteiger partial charge in [-0.2, -0.15) is 0 Å². The highest BCUT2D eigenvalue weighted by atomic mass is 32.2. The van der Waals surface area contributed by atoms with Crippen LogP contribution in [0.3, 0.4) is 0 Å². The summed E-state index contributed by atoms with van der Waals surface area (Å²) in [6.45, 7) is 0. The fourth-order valence-corrected chi connectivity index (χ4v) is 3.45. The Labute approximate surface area is 150 Å². The predicted octanol–water partition coefficient (Wildman–Crippen LogP) is 2.55. The van der Waals surface area contributed by atoms with Gasteiger partial charge in [0.15, 0.2) is 0 Å². The molecule has 132 valence electrons. The highest BCUT2D eigenvalue weighted by Gasteiger charge is 2.14. The molecule has 0 fully saturated rings. The average Bonchev–Trinajstić information content (AvgIpc) is 2.66. The van der Waals surface area contributed by atoms with Gasteiger partial charge in [-0.3, -0.25) is 19.7 Å². The first-order chi connectivity index (χ1) is 12.5. The van der Waals surface area contributed by atoms with Crippen molar-refractivity contribution >= 4 is 38.6 Å². The van der Waals surface area contributed by atoms with Crippen molar-refractivity contribution in [3.05, 3.63) is 72.4 Å². The van der Waals surface area contributed by atoms with E-state index in [1.807, 2.05) is 6.07 Å². The summed E-state index contributed by atoms with van der Waals surface area (Å²) in [5, 5.41) is 9.29. The normalized spacial score (nSPS) is 11.6. The largest absolute Gasteiger partial charge is 0.288 e. The second kappa shape index (κ2) is 7.34. The number of sulfonamides is 1. The van der Waals surface area contributed by atoms with Crippen LogP contribution in [0.5, 0.6) is 0 Å². The van der Waals surface area contributed by atoms with Gasteiger partial charge in [0.2, 0.25) is 0 Å². The fraction of sp³-hybridized carbons (Fsp3) is 0. The number of amides is 1. The minimum atomic E-state index is -3.80. The number of nitrogens with zero attached hydrogens (tertiary/aromatic N) is 1. The molecule has 0 aliphatic rings. The van der Waals surface area contributed by atoms with Crippen molar-refractivity contribution < 1.29 is 18.4 Å². The van der Waals surface area contributed by atoms with Crippen LogP contribution in [0.1, 0.15) is 5.56 Å². The smallest absolute Gasteiger partial charge is 0.267 e. The number of hydroxylamine groups is 1. The zero-order valence-electron chi connectivity index (χ0n) is 13.5. The van der Waals surface area contributed by atoms with Crippen LogP contribution < -0.4 is 10.2 Å². The van der Waals surface area contributed by atoms with Crippen LogP contribution in [-0.2, 0) is 14.8 Å². The molecule has 0 atom stereocenters. The standard InChI is InChI=1S/C18H15N3O4S/c22-18(20-23)9-6-13-3-1-5-16(11-13)26(24,25)21-15-7-8-17-14(12-15)4-2-10-19-17/h1-12,21,23H,(H,20,22)/b9-6+. The van der Waals surface area contributed by atoms with E-state index >= 15 is 0 Å². The number of benzene rings is 2. The maximum absolute atomic E-state index is 12.6. The van der Waals surface area contributed by atoms with E-state index in [0.717, 1.165) is 17.0 Å². The average molecular weight is 369 g/mol. The molecule has 7 nitrogen and oxygen atoms in total. The summed E-state index contributed by atoms with van der Waals surface area (Å²) < 4.78 is 27.8. The quantitative estimate of drug-likeness (QED) is 0.364. The maximum Gasteiger partial charge on any atom is 0.267 e. The highest BCUT2D eigenvalue weighted by molar-refractivity contribution is 7.92. The van der Waals surface area contributed by atoms with Gasteiger partial charge in [-0.05, 0) is 48.0 Å². The third-order valence-corrected chi connectivity index (χ3v) is 4.94. The molecule has 1 aromatic heterocycles. The monoisotopic (exact) mass is 369 g/mol. The molecule has 3 N–H and O–H groups in total. The van der Waals surface area contributed by atoms with E-state index < -0.39 is 15.9 Å². The lowest BCUT2D eigenvalue weighted by Crippen LogP contribution is -2.15. The number of anilines is 1. The van der Waals surface area contributed by atoms with E-state index in [1.165, 1.54) is 23.7 Å². The number of aromatic nitrogens is 1. The van der Waals surface area contributed by atoms with Crippen LogP contribution in [0.2, 0.25) is 0 Å². The van der Waals surface area contributed by atoms with Gasteiger partial charge >= 0.3 is 0 Å². The number of rotatable bonds is 5. The van der Waals surface area contributed by atoms with Gasteiger partial charge in [0.1, 0.15) is 0 Å². The van der Waals surface area contributed by atoms with Crippen LogP contribution in [0.4, 0.5) is 5.69 Å². The number of pyridine rings is 1. The summed E-state index contributed by atoms with van der Waals surface area (Å²) in [5.41, 5.74) is 3.16. The summed E-state index contributed by atoms with van der Waals surface area (Å²) in [6.07, 6.45) is 4.16. The first kappa shape index (κ1) is 17.6. The van der Waals surface area contributed by atoms with Crippen molar-refractivity contribution in [2.24, 2.45) is 0 Å². The van der Waals surface area contributed by atoms with Gasteiger partial charge < -0.3 is 0 Å². The molecule has 0 saturated heterocycles. The molecule has 0 radical (unpaired) electrons. The Morgan fingerprint density at radius 3 is 2.73 bits per heavy atom. The molecule has 0 aliphatic carbocycles. The van der Waals surface area contributed by atoms with Crippen LogP contribution in [0.25, 0.3) is 17.0 Å². The maximum atomic E-state index is 12.6. The second-order valence-electron chi connectivity index (χ2n) is 5.40. The molecule has 3 rings (SSSR count). The van der Waals surface area contributed by atoms with Gasteiger partial charge in [-0.1, -0.05) is 18.2 Å². The zero-order chi connectivity index (χ0) is 18.6. The lowest BCUT2D eigenvalue weighted by Gasteiger charge is -2.09. The Bertz CT molecular complexity index is 1090. The van der Waals surface area contributed by atoms with Crippen molar-refractivity contribution in [3.8, 4) is 0 Å². The lowest BCUT2D eigenvalue weighted by atomic mass is 10.2. The van der Waals surface area contributed by atoms with E-state index in [2.05, 4.69) is 9.71 Å². The van der Waals surface area contributed by atoms with E-state index in [0.29, 0.717) is 11.3 Å². The molecule has 8 heteroatoms. The fourth-order valence-electron chi connectivity index (χ4n) is 2.35. The number of hydrogen-bond donors (Lipinski definition) is 3. The van der Waals surface area contributed by atoms with Crippen LogP contribution in [-0.4, -0.2) is 24.5 Å². The van der Waals surface area contributed by atoms with Gasteiger partial charge in [0, 0.05) is 23.3 Å². The van der Waals surface area contributed by atoms with Crippen molar-refractivity contribution in [3.63, 3.8) is 0 Å². The van der Waals surface area contributed by atoms with Crippen LogP contribution in [0.15, 0.2) is 71.8 Å². The number of carbonyl (C=O) groups excluding carboxylic acids is 1. The lowest BCUT2D eigenvalue weighted by molar-refractivity contribution is -0.124. The summed E-state index contributed by atoms with van der Waals surface area (Å²) >= 11 is 0. The molecule has 0 aliphatic heterocycles. The summed E-state index contributed by atoms with van der Waals surface area (Å²) in [7, 11) is -3.80. The van der Waals surface area contributed by atoms with Crippen molar-refractivity contribution in [2.75, 3.05) is 4.72 Å². The summed E-state index contributed by atoms with van der Waals surface area (Å²) in [6, 6.07) is 14.8. The molecular formula is C18H15N3O4S. The van der Waals surface area contributed by atoms with Crippen molar-refractivity contribution in [1.29, 1.82) is 0 Å². The number of fused-ring (bicyclic) bond motifs is 1. The number of carbonyl (C=O) groups is 1. The molecule has 0 spiro atoms. The topological polar surface area (TPSA) is 108 Å². The number of hydrogen-bond acceptors (Lipinski definition) is 5. The number of nitrogens with one attached hydrogen (secondary N) is 2. The molecule has 0 bridgehead atoms. The van der Waals surface area contributed by atoms with E-state index in [-0.39, 0.29) is 4.90 Å². The molecule has 3 aromatic rings. The Morgan fingerprint density at radius 1 is 1.08 bits per heavy atom. The first-order valence-corrected chi connectivity index (χ1v) is 9.06. The highest BCUT2D eigenvalue weighted by Crippen LogP contribution is 2.21. The first-order valence-electron chi connectivity index (χ1n) is 7.58. The summed E-state index contributed by atoms with van der Waals surface area (Å²) in [5.74, 6) is -0.707. The van der Waals surface area contributed by atoms with Gasteiger partial charge in [-0.25, -0.2) is 13.9 Å².